The average Bonchev–Trinajstić information content (AvgIpc) is 3.19. The van der Waals surface area contributed by atoms with Crippen LogP contribution in [0.5, 0.6) is 0 Å². The minimum atomic E-state index is -3.90. The van der Waals surface area contributed by atoms with Gasteiger partial charge in [0.2, 0.25) is 0 Å². The van der Waals surface area contributed by atoms with E-state index in [1.165, 1.54) is 28.6 Å². The lowest BCUT2D eigenvalue weighted by atomic mass is 10.1. The van der Waals surface area contributed by atoms with Crippen LogP contribution in [0.3, 0.4) is 0 Å². The van der Waals surface area contributed by atoms with Crippen LogP contribution >= 0.6 is 0 Å². The van der Waals surface area contributed by atoms with E-state index in [1.54, 1.807) is 6.07 Å². The summed E-state index contributed by atoms with van der Waals surface area (Å²) < 4.78 is 41.2. The van der Waals surface area contributed by atoms with Crippen LogP contribution in [-0.2, 0) is 29.3 Å². The Morgan fingerprint density at radius 2 is 1.88 bits per heavy atom. The molecule has 2 aromatic carbocycles. The Bertz CT molecular complexity index is 1000. The van der Waals surface area contributed by atoms with Gasteiger partial charge in [-0.1, -0.05) is 0 Å². The van der Waals surface area contributed by atoms with Crippen LogP contribution in [0.15, 0.2) is 35.2 Å². The highest BCUT2D eigenvalue weighted by Crippen LogP contribution is 2.37. The number of aryl methyl sites for hydroxylation is 1. The Morgan fingerprint density at radius 1 is 1.08 bits per heavy atom. The van der Waals surface area contributed by atoms with E-state index in [0.29, 0.717) is 36.1 Å². The molecule has 1 N–H and O–H groups in total. The van der Waals surface area contributed by atoms with Crippen molar-refractivity contribution in [3.05, 3.63) is 58.4 Å². The monoisotopic (exact) mass is 361 g/mol. The van der Waals surface area contributed by atoms with Crippen molar-refractivity contribution >= 4 is 21.7 Å². The van der Waals surface area contributed by atoms with E-state index in [9.17, 15) is 22.7 Å². The van der Waals surface area contributed by atoms with Crippen molar-refractivity contribution in [3.63, 3.8) is 0 Å². The lowest BCUT2D eigenvalue weighted by molar-refractivity contribution is 0.0696. The number of hydrogen-bond donors (Lipinski definition) is 1. The molecule has 0 aromatic heterocycles. The van der Waals surface area contributed by atoms with Gasteiger partial charge in [0.1, 0.15) is 5.82 Å². The summed E-state index contributed by atoms with van der Waals surface area (Å²) in [6, 6.07) is 6.88. The molecule has 0 saturated carbocycles. The molecular weight excluding hydrogens is 345 g/mol. The van der Waals surface area contributed by atoms with Gasteiger partial charge in [0.25, 0.3) is 10.0 Å². The minimum Gasteiger partial charge on any atom is -0.478 e. The molecule has 0 unspecified atom stereocenters. The zero-order valence-corrected chi connectivity index (χ0v) is 14.1. The number of sulfonamides is 1. The summed E-state index contributed by atoms with van der Waals surface area (Å²) >= 11 is 0. The number of benzene rings is 2. The standard InChI is InChI=1S/C18H16FNO4S/c19-14-4-5-16-12(9-14)6-7-20(16)25(23,24)17-10-13(18(21)22)8-11-2-1-3-15(11)17/h4-5,8-10H,1-3,6-7H2,(H,21,22). The molecule has 0 radical (unpaired) electrons. The van der Waals surface area contributed by atoms with Crippen LogP contribution in [0.4, 0.5) is 10.1 Å². The second kappa shape index (κ2) is 5.56. The number of carboxylic acid groups (broad SMARTS) is 1. The molecule has 4 rings (SSSR count). The third-order valence-corrected chi connectivity index (χ3v) is 6.76. The molecule has 7 heteroatoms. The van der Waals surface area contributed by atoms with E-state index < -0.39 is 21.8 Å². The molecule has 0 amide bonds. The lowest BCUT2D eigenvalue weighted by Gasteiger charge is -2.22. The first kappa shape index (κ1) is 16.1. The predicted octanol–water partition coefficient (Wildman–Crippen LogP) is 2.76. The van der Waals surface area contributed by atoms with E-state index in [0.717, 1.165) is 12.0 Å². The topological polar surface area (TPSA) is 74.7 Å². The zero-order chi connectivity index (χ0) is 17.8. The Kier molecular flexibility index (Phi) is 3.57. The fraction of sp³-hybridized carbons (Fsp3) is 0.278. The summed E-state index contributed by atoms with van der Waals surface area (Å²) in [5, 5.41) is 9.31. The number of carboxylic acids is 1. The van der Waals surface area contributed by atoms with Crippen LogP contribution in [0.1, 0.15) is 33.5 Å². The van der Waals surface area contributed by atoms with Gasteiger partial charge >= 0.3 is 5.97 Å². The molecule has 0 fully saturated rings. The van der Waals surface area contributed by atoms with E-state index in [2.05, 4.69) is 0 Å². The highest BCUT2D eigenvalue weighted by molar-refractivity contribution is 7.93. The number of halogens is 1. The van der Waals surface area contributed by atoms with Gasteiger partial charge in [-0.05, 0) is 72.7 Å². The van der Waals surface area contributed by atoms with E-state index in [1.807, 2.05) is 0 Å². The van der Waals surface area contributed by atoms with Gasteiger partial charge in [0.05, 0.1) is 16.1 Å². The maximum atomic E-state index is 13.4. The van der Waals surface area contributed by atoms with Crippen LogP contribution < -0.4 is 4.31 Å². The van der Waals surface area contributed by atoms with Gasteiger partial charge in [0.15, 0.2) is 0 Å². The smallest absolute Gasteiger partial charge is 0.335 e. The first-order valence-corrected chi connectivity index (χ1v) is 9.52. The van der Waals surface area contributed by atoms with Crippen molar-refractivity contribution in [1.82, 2.24) is 0 Å². The van der Waals surface area contributed by atoms with Crippen molar-refractivity contribution in [1.29, 1.82) is 0 Å². The van der Waals surface area contributed by atoms with E-state index in [-0.39, 0.29) is 17.0 Å². The van der Waals surface area contributed by atoms with Gasteiger partial charge in [-0.25, -0.2) is 17.6 Å². The SMILES string of the molecule is O=C(O)c1cc2c(c(S(=O)(=O)N3CCc4cc(F)ccc43)c1)CCC2. The van der Waals surface area contributed by atoms with Crippen LogP contribution in [-0.4, -0.2) is 26.0 Å². The highest BCUT2D eigenvalue weighted by Gasteiger charge is 2.34. The maximum absolute atomic E-state index is 13.4. The van der Waals surface area contributed by atoms with Crippen molar-refractivity contribution in [3.8, 4) is 0 Å². The van der Waals surface area contributed by atoms with Crippen molar-refractivity contribution in [2.24, 2.45) is 0 Å². The summed E-state index contributed by atoms with van der Waals surface area (Å²) in [4.78, 5) is 11.5. The number of carbonyl (C=O) groups is 1. The Hall–Kier alpha value is -2.41. The zero-order valence-electron chi connectivity index (χ0n) is 13.3. The summed E-state index contributed by atoms with van der Waals surface area (Å²) in [6.45, 7) is 0.229. The van der Waals surface area contributed by atoms with Gasteiger partial charge in [-0.2, -0.15) is 0 Å². The van der Waals surface area contributed by atoms with Gasteiger partial charge in [0, 0.05) is 6.54 Å². The first-order valence-electron chi connectivity index (χ1n) is 8.08. The molecule has 25 heavy (non-hydrogen) atoms. The van der Waals surface area contributed by atoms with Crippen LogP contribution in [0.25, 0.3) is 0 Å². The first-order chi connectivity index (χ1) is 11.9. The molecule has 0 bridgehead atoms. The minimum absolute atomic E-state index is 0.0160. The molecule has 1 aliphatic heterocycles. The molecule has 0 saturated heterocycles. The molecular formula is C18H16FNO4S. The number of rotatable bonds is 3. The fourth-order valence-corrected chi connectivity index (χ4v) is 5.55. The van der Waals surface area contributed by atoms with E-state index in [4.69, 9.17) is 0 Å². The third kappa shape index (κ3) is 2.50. The van der Waals surface area contributed by atoms with Crippen LogP contribution in [0, 0.1) is 5.82 Å². The number of anilines is 1. The van der Waals surface area contributed by atoms with Gasteiger partial charge in [-0.3, -0.25) is 4.31 Å². The summed E-state index contributed by atoms with van der Waals surface area (Å²) in [6.07, 6.45) is 2.55. The van der Waals surface area contributed by atoms with Crippen molar-refractivity contribution in [2.45, 2.75) is 30.6 Å². The van der Waals surface area contributed by atoms with E-state index >= 15 is 0 Å². The molecule has 2 aromatic rings. The Labute approximate surface area is 144 Å². The second-order valence-electron chi connectivity index (χ2n) is 6.37. The number of fused-ring (bicyclic) bond motifs is 2. The van der Waals surface area contributed by atoms with Gasteiger partial charge < -0.3 is 5.11 Å². The van der Waals surface area contributed by atoms with Crippen molar-refractivity contribution < 1.29 is 22.7 Å². The molecule has 5 nitrogen and oxygen atoms in total. The normalized spacial score (nSPS) is 16.0. The lowest BCUT2D eigenvalue weighted by Crippen LogP contribution is -2.30. The Balaban J connectivity index is 1.87. The third-order valence-electron chi connectivity index (χ3n) is 4.88. The number of nitrogens with zero attached hydrogens (tertiary/aromatic N) is 1. The summed E-state index contributed by atoms with van der Waals surface area (Å²) in [5.74, 6) is -1.54. The summed E-state index contributed by atoms with van der Waals surface area (Å²) in [5.41, 5.74) is 2.60. The van der Waals surface area contributed by atoms with Crippen molar-refractivity contribution in [2.75, 3.05) is 10.8 Å². The maximum Gasteiger partial charge on any atom is 0.335 e. The predicted molar refractivity (Wildman–Crippen MR) is 90.1 cm³/mol. The quantitative estimate of drug-likeness (QED) is 0.912. The summed E-state index contributed by atoms with van der Waals surface area (Å²) in [7, 11) is -3.90. The van der Waals surface area contributed by atoms with Gasteiger partial charge in [-0.15, -0.1) is 0 Å². The molecule has 1 heterocycles. The molecule has 2 aliphatic rings. The average molecular weight is 361 g/mol. The van der Waals surface area contributed by atoms with Crippen LogP contribution in [0.2, 0.25) is 0 Å². The molecule has 1 aliphatic carbocycles. The molecule has 130 valence electrons. The fourth-order valence-electron chi connectivity index (χ4n) is 3.73. The molecule has 0 atom stereocenters. The number of hydrogen-bond acceptors (Lipinski definition) is 3. The largest absolute Gasteiger partial charge is 0.478 e. The highest BCUT2D eigenvalue weighted by atomic mass is 32.2. The second-order valence-corrected chi connectivity index (χ2v) is 8.20. The Morgan fingerprint density at radius 3 is 2.64 bits per heavy atom. The number of aromatic carboxylic acids is 1. The molecule has 0 spiro atoms.